The Bertz CT molecular complexity index is 524. The molecule has 1 aliphatic heterocycles. The van der Waals surface area contributed by atoms with Crippen LogP contribution in [0.2, 0.25) is 0 Å². The van der Waals surface area contributed by atoms with Crippen molar-refractivity contribution in [3.8, 4) is 0 Å². The monoisotopic (exact) mass is 334 g/mol. The van der Waals surface area contributed by atoms with Gasteiger partial charge in [0, 0.05) is 10.5 Å². The lowest BCUT2D eigenvalue weighted by atomic mass is 9.44. The van der Waals surface area contributed by atoms with Crippen LogP contribution in [-0.4, -0.2) is 21.2 Å². The number of thioether (sulfide) groups is 1. The van der Waals surface area contributed by atoms with Gasteiger partial charge in [0.1, 0.15) is 0 Å². The van der Waals surface area contributed by atoms with Gasteiger partial charge in [0.2, 0.25) is 0 Å². The van der Waals surface area contributed by atoms with E-state index in [0.29, 0.717) is 5.41 Å². The first-order chi connectivity index (χ1) is 10.8. The summed E-state index contributed by atoms with van der Waals surface area (Å²) in [5.74, 6) is 5.11. The van der Waals surface area contributed by atoms with Crippen LogP contribution in [0.1, 0.15) is 78.6 Å². The fourth-order valence-corrected chi connectivity index (χ4v) is 8.95. The van der Waals surface area contributed by atoms with Crippen molar-refractivity contribution in [1.82, 2.24) is 0 Å². The maximum Gasteiger partial charge on any atom is 0.0675 e. The Morgan fingerprint density at radius 2 is 1.61 bits per heavy atom. The van der Waals surface area contributed by atoms with Gasteiger partial charge in [-0.25, -0.2) is 0 Å². The average molecular weight is 335 g/mol. The molecule has 1 N–H and O–H groups in total. The highest BCUT2D eigenvalue weighted by Gasteiger charge is 2.64. The highest BCUT2D eigenvalue weighted by molar-refractivity contribution is 8.07. The predicted octanol–water partition coefficient (Wildman–Crippen LogP) is 5.27. The highest BCUT2D eigenvalue weighted by atomic mass is 32.2. The van der Waals surface area contributed by atoms with Crippen molar-refractivity contribution < 1.29 is 5.11 Å². The van der Waals surface area contributed by atoms with E-state index in [9.17, 15) is 5.11 Å². The molecule has 23 heavy (non-hydrogen) atoms. The van der Waals surface area contributed by atoms with Gasteiger partial charge in [0.25, 0.3) is 0 Å². The summed E-state index contributed by atoms with van der Waals surface area (Å²) in [4.78, 5) is 0. The molecule has 0 unspecified atom stereocenters. The van der Waals surface area contributed by atoms with Crippen LogP contribution in [0.3, 0.4) is 0 Å². The zero-order valence-corrected chi connectivity index (χ0v) is 16.1. The average Bonchev–Trinajstić information content (AvgIpc) is 3.21. The lowest BCUT2D eigenvalue weighted by Gasteiger charge is -2.61. The molecule has 1 spiro atoms. The lowest BCUT2D eigenvalue weighted by molar-refractivity contribution is -0.146. The highest BCUT2D eigenvalue weighted by Crippen LogP contribution is 2.71. The Kier molecular flexibility index (Phi) is 3.06. The van der Waals surface area contributed by atoms with Crippen LogP contribution in [0, 0.1) is 34.5 Å². The molecule has 5 aliphatic rings. The van der Waals surface area contributed by atoms with Gasteiger partial charge in [-0.05, 0) is 99.2 Å². The van der Waals surface area contributed by atoms with E-state index in [2.05, 4.69) is 32.5 Å². The largest absolute Gasteiger partial charge is 0.390 e. The second-order valence-electron chi connectivity index (χ2n) is 10.6. The summed E-state index contributed by atoms with van der Waals surface area (Å²) in [6, 6.07) is 0. The minimum Gasteiger partial charge on any atom is -0.390 e. The number of fused-ring (bicyclic) bond motifs is 5. The summed E-state index contributed by atoms with van der Waals surface area (Å²) < 4.78 is 0.733. The molecule has 0 aromatic heterocycles. The van der Waals surface area contributed by atoms with Crippen molar-refractivity contribution in [2.24, 2.45) is 34.5 Å². The molecule has 8 atom stereocenters. The van der Waals surface area contributed by atoms with Gasteiger partial charge in [-0.2, -0.15) is 11.8 Å². The van der Waals surface area contributed by atoms with Crippen LogP contribution in [0.15, 0.2) is 0 Å². The second kappa shape index (κ2) is 4.53. The van der Waals surface area contributed by atoms with Crippen LogP contribution < -0.4 is 0 Å². The van der Waals surface area contributed by atoms with E-state index in [0.717, 1.165) is 34.8 Å². The molecule has 1 saturated heterocycles. The molecule has 0 bridgehead atoms. The maximum absolute atomic E-state index is 11.0. The number of hydrogen-bond donors (Lipinski definition) is 1. The zero-order chi connectivity index (χ0) is 16.1. The van der Waals surface area contributed by atoms with Crippen LogP contribution in [0.25, 0.3) is 0 Å². The van der Waals surface area contributed by atoms with Gasteiger partial charge >= 0.3 is 0 Å². The summed E-state index contributed by atoms with van der Waals surface area (Å²) in [5, 5.41) is 11.0. The molecule has 0 radical (unpaired) electrons. The van der Waals surface area contributed by atoms with Crippen LogP contribution in [0.5, 0.6) is 0 Å². The van der Waals surface area contributed by atoms with Gasteiger partial charge in [0.15, 0.2) is 0 Å². The van der Waals surface area contributed by atoms with Gasteiger partial charge in [0.05, 0.1) is 5.60 Å². The molecule has 4 saturated carbocycles. The Morgan fingerprint density at radius 1 is 0.870 bits per heavy atom. The standard InChI is InChI=1S/C21H34OS/c1-18-10-11-21(13-23-21)12-14(18)4-5-15-16(18)6-8-19(2)17(15)7-9-20(19,3)22/h14-17,22H,4-13H2,1-3H3/t14-,15+,16+,17+,18-,19-,20-,21+/m0/s1. The van der Waals surface area contributed by atoms with E-state index in [1.807, 2.05) is 0 Å². The van der Waals surface area contributed by atoms with Crippen LogP contribution >= 0.6 is 11.8 Å². The maximum atomic E-state index is 11.0. The van der Waals surface area contributed by atoms with E-state index in [1.165, 1.54) is 57.1 Å². The molecule has 1 heterocycles. The van der Waals surface area contributed by atoms with E-state index in [1.54, 1.807) is 0 Å². The number of hydrogen-bond acceptors (Lipinski definition) is 2. The predicted molar refractivity (Wildman–Crippen MR) is 97.5 cm³/mol. The van der Waals surface area contributed by atoms with Crippen molar-refractivity contribution in [2.75, 3.05) is 5.75 Å². The third-order valence-electron chi connectivity index (χ3n) is 9.92. The summed E-state index contributed by atoms with van der Waals surface area (Å²) in [5.41, 5.74) is 0.397. The van der Waals surface area contributed by atoms with E-state index in [4.69, 9.17) is 0 Å². The van der Waals surface area contributed by atoms with Crippen molar-refractivity contribution in [1.29, 1.82) is 0 Å². The molecular weight excluding hydrogens is 300 g/mol. The number of rotatable bonds is 0. The molecule has 0 aromatic rings. The molecule has 5 fully saturated rings. The van der Waals surface area contributed by atoms with Crippen molar-refractivity contribution in [3.63, 3.8) is 0 Å². The Labute approximate surface area is 146 Å². The van der Waals surface area contributed by atoms with Gasteiger partial charge in [-0.15, -0.1) is 0 Å². The van der Waals surface area contributed by atoms with Gasteiger partial charge < -0.3 is 5.11 Å². The fraction of sp³-hybridized carbons (Fsp3) is 1.00. The Balaban J connectivity index is 1.45. The smallest absolute Gasteiger partial charge is 0.0675 e. The molecule has 0 aromatic carbocycles. The van der Waals surface area contributed by atoms with Crippen LogP contribution in [0.4, 0.5) is 0 Å². The first-order valence-electron chi connectivity index (χ1n) is 10.2. The first kappa shape index (κ1) is 15.6. The molecule has 5 rings (SSSR count). The molecule has 4 aliphatic carbocycles. The molecule has 2 heteroatoms. The zero-order valence-electron chi connectivity index (χ0n) is 15.2. The summed E-state index contributed by atoms with van der Waals surface area (Å²) in [7, 11) is 0. The van der Waals surface area contributed by atoms with E-state index >= 15 is 0 Å². The molecule has 1 nitrogen and oxygen atoms in total. The third-order valence-corrected chi connectivity index (χ3v) is 11.4. The minimum atomic E-state index is -0.415. The normalized spacial score (nSPS) is 64.2. The van der Waals surface area contributed by atoms with Crippen molar-refractivity contribution in [3.05, 3.63) is 0 Å². The van der Waals surface area contributed by atoms with Crippen LogP contribution in [-0.2, 0) is 0 Å². The minimum absolute atomic E-state index is 0.194. The van der Waals surface area contributed by atoms with Crippen molar-refractivity contribution >= 4 is 11.8 Å². The molecule has 0 amide bonds. The lowest BCUT2D eigenvalue weighted by Crippen LogP contribution is -2.56. The second-order valence-corrected chi connectivity index (χ2v) is 12.0. The first-order valence-corrected chi connectivity index (χ1v) is 11.1. The molecule has 130 valence electrons. The van der Waals surface area contributed by atoms with Gasteiger partial charge in [-0.3, -0.25) is 0 Å². The summed E-state index contributed by atoms with van der Waals surface area (Å²) >= 11 is 2.26. The number of aliphatic hydroxyl groups is 1. The fourth-order valence-electron chi connectivity index (χ4n) is 7.92. The SMILES string of the molecule is C[C@]12CC[C@]3(CS3)C[C@@H]1CC[C@@H]1[C@H]2CC[C@@]2(C)[C@@H]1CC[C@]2(C)O. The molecular formula is C21H34OS. The quantitative estimate of drug-likeness (QED) is 0.609. The summed E-state index contributed by atoms with van der Waals surface area (Å²) in [6.45, 7) is 7.23. The van der Waals surface area contributed by atoms with E-state index in [-0.39, 0.29) is 5.41 Å². The third kappa shape index (κ3) is 1.92. The topological polar surface area (TPSA) is 20.2 Å². The van der Waals surface area contributed by atoms with Gasteiger partial charge in [-0.1, -0.05) is 13.8 Å². The van der Waals surface area contributed by atoms with E-state index < -0.39 is 5.60 Å². The Morgan fingerprint density at radius 3 is 2.35 bits per heavy atom. The Hall–Kier alpha value is 0.310. The van der Waals surface area contributed by atoms with Crippen molar-refractivity contribution in [2.45, 2.75) is 88.9 Å². The summed E-state index contributed by atoms with van der Waals surface area (Å²) in [6.07, 6.45) is 12.4.